The third-order valence-electron chi connectivity index (χ3n) is 5.05. The maximum Gasteiger partial charge on any atom is 0.251 e. The SMILES string of the molecule is Cc1ccc(C(=O)NCCN2CCN(c3ccccc3F)CC2)cc1C. The van der Waals surface area contributed by atoms with Crippen LogP contribution in [0.25, 0.3) is 0 Å². The van der Waals surface area contributed by atoms with Crippen LogP contribution < -0.4 is 10.2 Å². The van der Waals surface area contributed by atoms with Gasteiger partial charge in [0.1, 0.15) is 5.82 Å². The molecular weight excluding hydrogens is 329 g/mol. The van der Waals surface area contributed by atoms with E-state index in [9.17, 15) is 9.18 Å². The lowest BCUT2D eigenvalue weighted by Crippen LogP contribution is -2.48. The minimum absolute atomic E-state index is 0.0295. The standard InChI is InChI=1S/C21H26FN3O/c1-16-7-8-18(15-17(16)2)21(26)23-9-10-24-11-13-25(14-12-24)20-6-4-3-5-19(20)22/h3-8,15H,9-14H2,1-2H3,(H,23,26). The van der Waals surface area contributed by atoms with Gasteiger partial charge in [-0.1, -0.05) is 18.2 Å². The lowest BCUT2D eigenvalue weighted by molar-refractivity contribution is 0.0947. The zero-order chi connectivity index (χ0) is 18.5. The molecule has 0 aromatic heterocycles. The van der Waals surface area contributed by atoms with Crippen molar-refractivity contribution in [3.8, 4) is 0 Å². The van der Waals surface area contributed by atoms with E-state index in [1.165, 1.54) is 11.6 Å². The molecule has 0 radical (unpaired) electrons. The van der Waals surface area contributed by atoms with Crippen LogP contribution in [-0.4, -0.2) is 50.1 Å². The number of anilines is 1. The van der Waals surface area contributed by atoms with Gasteiger partial charge in [-0.05, 0) is 49.2 Å². The Morgan fingerprint density at radius 2 is 1.77 bits per heavy atom. The van der Waals surface area contributed by atoms with Crippen molar-refractivity contribution in [2.45, 2.75) is 13.8 Å². The maximum absolute atomic E-state index is 13.9. The van der Waals surface area contributed by atoms with Gasteiger partial charge in [0.25, 0.3) is 5.91 Å². The molecule has 4 nitrogen and oxygen atoms in total. The number of aryl methyl sites for hydroxylation is 2. The van der Waals surface area contributed by atoms with Crippen LogP contribution in [0.5, 0.6) is 0 Å². The normalized spacial score (nSPS) is 15.1. The molecule has 2 aromatic rings. The fourth-order valence-electron chi connectivity index (χ4n) is 3.23. The summed E-state index contributed by atoms with van der Waals surface area (Å²) in [6.07, 6.45) is 0. The van der Waals surface area contributed by atoms with Crippen LogP contribution in [0.1, 0.15) is 21.5 Å². The Kier molecular flexibility index (Phi) is 5.89. The van der Waals surface area contributed by atoms with Crippen molar-refractivity contribution in [2.24, 2.45) is 0 Å². The van der Waals surface area contributed by atoms with Crippen LogP contribution >= 0.6 is 0 Å². The highest BCUT2D eigenvalue weighted by Crippen LogP contribution is 2.19. The average Bonchev–Trinajstić information content (AvgIpc) is 2.65. The molecule has 26 heavy (non-hydrogen) atoms. The number of carbonyl (C=O) groups is 1. The van der Waals surface area contributed by atoms with Crippen molar-refractivity contribution < 1.29 is 9.18 Å². The molecule has 3 rings (SSSR count). The highest BCUT2D eigenvalue weighted by Gasteiger charge is 2.19. The number of nitrogens with zero attached hydrogens (tertiary/aromatic N) is 2. The molecule has 0 unspecified atom stereocenters. The Labute approximate surface area is 154 Å². The molecule has 0 atom stereocenters. The minimum Gasteiger partial charge on any atom is -0.367 e. The summed E-state index contributed by atoms with van der Waals surface area (Å²) in [5.41, 5.74) is 3.70. The van der Waals surface area contributed by atoms with Gasteiger partial charge < -0.3 is 10.2 Å². The van der Waals surface area contributed by atoms with Crippen LogP contribution in [0.15, 0.2) is 42.5 Å². The van der Waals surface area contributed by atoms with Gasteiger partial charge in [-0.25, -0.2) is 4.39 Å². The maximum atomic E-state index is 13.9. The second-order valence-corrected chi connectivity index (χ2v) is 6.84. The molecule has 1 saturated heterocycles. The first-order valence-corrected chi connectivity index (χ1v) is 9.12. The van der Waals surface area contributed by atoms with Gasteiger partial charge in [-0.15, -0.1) is 0 Å². The summed E-state index contributed by atoms with van der Waals surface area (Å²) in [5.74, 6) is -0.195. The number of halogens is 1. The zero-order valence-corrected chi connectivity index (χ0v) is 15.5. The summed E-state index contributed by atoms with van der Waals surface area (Å²) >= 11 is 0. The summed E-state index contributed by atoms with van der Waals surface area (Å²) < 4.78 is 13.9. The molecule has 0 saturated carbocycles. The lowest BCUT2D eigenvalue weighted by atomic mass is 10.1. The van der Waals surface area contributed by atoms with E-state index in [4.69, 9.17) is 0 Å². The lowest BCUT2D eigenvalue weighted by Gasteiger charge is -2.36. The van der Waals surface area contributed by atoms with Gasteiger partial charge in [-0.3, -0.25) is 9.69 Å². The minimum atomic E-state index is -0.165. The van der Waals surface area contributed by atoms with E-state index in [1.54, 1.807) is 6.07 Å². The molecule has 0 aliphatic carbocycles. The molecule has 1 aliphatic rings. The molecule has 1 amide bonds. The van der Waals surface area contributed by atoms with Crippen LogP contribution in [0, 0.1) is 19.7 Å². The van der Waals surface area contributed by atoms with E-state index in [1.807, 2.05) is 44.2 Å². The molecule has 0 bridgehead atoms. The number of amides is 1. The van der Waals surface area contributed by atoms with Gasteiger partial charge in [0.2, 0.25) is 0 Å². The van der Waals surface area contributed by atoms with Crippen molar-refractivity contribution in [3.63, 3.8) is 0 Å². The number of benzene rings is 2. The van der Waals surface area contributed by atoms with Crippen LogP contribution in [0.4, 0.5) is 10.1 Å². The predicted octanol–water partition coefficient (Wildman–Crippen LogP) is 2.99. The molecule has 138 valence electrons. The number of carbonyl (C=O) groups excluding carboxylic acids is 1. The zero-order valence-electron chi connectivity index (χ0n) is 15.5. The fraction of sp³-hybridized carbons (Fsp3) is 0.381. The van der Waals surface area contributed by atoms with Crippen molar-refractivity contribution >= 4 is 11.6 Å². The van der Waals surface area contributed by atoms with Crippen LogP contribution in [-0.2, 0) is 0 Å². The molecule has 5 heteroatoms. The van der Waals surface area contributed by atoms with Gasteiger partial charge in [0.15, 0.2) is 0 Å². The Balaban J connectivity index is 1.43. The summed E-state index contributed by atoms with van der Waals surface area (Å²) in [5, 5.41) is 2.99. The number of para-hydroxylation sites is 1. The molecule has 2 aromatic carbocycles. The quantitative estimate of drug-likeness (QED) is 0.896. The Bertz CT molecular complexity index is 770. The summed E-state index contributed by atoms with van der Waals surface area (Å²) in [6.45, 7) is 8.81. The fourth-order valence-corrected chi connectivity index (χ4v) is 3.23. The van der Waals surface area contributed by atoms with E-state index < -0.39 is 0 Å². The highest BCUT2D eigenvalue weighted by molar-refractivity contribution is 5.94. The number of nitrogens with one attached hydrogen (secondary N) is 1. The summed E-state index contributed by atoms with van der Waals surface area (Å²) in [6, 6.07) is 12.7. The first-order chi connectivity index (χ1) is 12.5. The van der Waals surface area contributed by atoms with E-state index in [0.29, 0.717) is 17.8 Å². The van der Waals surface area contributed by atoms with Crippen molar-refractivity contribution in [1.82, 2.24) is 10.2 Å². The predicted molar refractivity (Wildman–Crippen MR) is 103 cm³/mol. The first kappa shape index (κ1) is 18.4. The number of hydrogen-bond donors (Lipinski definition) is 1. The summed E-state index contributed by atoms with van der Waals surface area (Å²) in [7, 11) is 0. The Hall–Kier alpha value is -2.40. The Morgan fingerprint density at radius 3 is 2.46 bits per heavy atom. The molecule has 1 heterocycles. The van der Waals surface area contributed by atoms with E-state index >= 15 is 0 Å². The van der Waals surface area contributed by atoms with Crippen molar-refractivity contribution in [3.05, 3.63) is 65.0 Å². The monoisotopic (exact) mass is 355 g/mol. The smallest absolute Gasteiger partial charge is 0.251 e. The third kappa shape index (κ3) is 4.41. The molecule has 1 aliphatic heterocycles. The van der Waals surface area contributed by atoms with E-state index in [0.717, 1.165) is 38.3 Å². The second-order valence-electron chi connectivity index (χ2n) is 6.84. The van der Waals surface area contributed by atoms with E-state index in [2.05, 4.69) is 15.1 Å². The largest absolute Gasteiger partial charge is 0.367 e. The third-order valence-corrected chi connectivity index (χ3v) is 5.05. The number of hydrogen-bond acceptors (Lipinski definition) is 3. The average molecular weight is 355 g/mol. The summed E-state index contributed by atoms with van der Waals surface area (Å²) in [4.78, 5) is 16.6. The topological polar surface area (TPSA) is 35.6 Å². The first-order valence-electron chi connectivity index (χ1n) is 9.12. The molecule has 0 spiro atoms. The molecule has 1 fully saturated rings. The van der Waals surface area contributed by atoms with Gasteiger partial charge in [-0.2, -0.15) is 0 Å². The number of rotatable bonds is 5. The highest BCUT2D eigenvalue weighted by atomic mass is 19.1. The van der Waals surface area contributed by atoms with Crippen molar-refractivity contribution in [1.29, 1.82) is 0 Å². The Morgan fingerprint density at radius 1 is 1.04 bits per heavy atom. The second kappa shape index (κ2) is 8.32. The van der Waals surface area contributed by atoms with Crippen LogP contribution in [0.3, 0.4) is 0 Å². The van der Waals surface area contributed by atoms with Crippen molar-refractivity contribution in [2.75, 3.05) is 44.2 Å². The number of piperazine rings is 1. The van der Waals surface area contributed by atoms with Crippen LogP contribution in [0.2, 0.25) is 0 Å². The molecular formula is C21H26FN3O. The van der Waals surface area contributed by atoms with Gasteiger partial charge >= 0.3 is 0 Å². The van der Waals surface area contributed by atoms with E-state index in [-0.39, 0.29) is 11.7 Å². The van der Waals surface area contributed by atoms with Gasteiger partial charge in [0, 0.05) is 44.8 Å². The molecule has 1 N–H and O–H groups in total. The van der Waals surface area contributed by atoms with Gasteiger partial charge in [0.05, 0.1) is 5.69 Å².